The molecule has 0 aromatic rings. The molecule has 0 aliphatic heterocycles. The van der Waals surface area contributed by atoms with Crippen molar-refractivity contribution in [2.75, 3.05) is 0 Å². The van der Waals surface area contributed by atoms with Gasteiger partial charge < -0.3 is 0 Å². The quantitative estimate of drug-likeness (QED) is 0.347. The highest BCUT2D eigenvalue weighted by Gasteiger charge is 2.17. The van der Waals surface area contributed by atoms with Crippen molar-refractivity contribution in [3.8, 4) is 12.3 Å². The highest BCUT2D eigenvalue weighted by atomic mass is 19.3. The summed E-state index contributed by atoms with van der Waals surface area (Å²) in [5, 5.41) is 0. The largest absolute Gasteiger partial charge is 0.326 e. The number of hydrogen-bond donors (Lipinski definition) is 0. The fraction of sp³-hybridized carbons (Fsp3) is 0.200. The zero-order valence-electron chi connectivity index (χ0n) is 3.62. The predicted molar refractivity (Wildman–Crippen MR) is 24.0 cm³/mol. The molecule has 7 heavy (non-hydrogen) atoms. The van der Waals surface area contributed by atoms with E-state index in [1.165, 1.54) is 5.92 Å². The van der Waals surface area contributed by atoms with E-state index in [1.807, 2.05) is 0 Å². The molecule has 0 rings (SSSR count). The summed E-state index contributed by atoms with van der Waals surface area (Å²) in [6, 6.07) is 0. The first-order valence-electron chi connectivity index (χ1n) is 1.61. The van der Waals surface area contributed by atoms with Crippen molar-refractivity contribution in [1.82, 2.24) is 0 Å². The summed E-state index contributed by atoms with van der Waals surface area (Å²) >= 11 is 0. The maximum atomic E-state index is 11.5. The van der Waals surface area contributed by atoms with E-state index in [0.29, 0.717) is 6.08 Å². The first-order valence-corrected chi connectivity index (χ1v) is 1.61. The molecular formula is C5H4F2. The lowest BCUT2D eigenvalue weighted by Crippen LogP contribution is -2.05. The molecule has 0 unspecified atom stereocenters. The normalized spacial score (nSPS) is 9.86. The fourth-order valence-corrected chi connectivity index (χ4v) is 0.0589. The van der Waals surface area contributed by atoms with E-state index in [0.717, 1.165) is 0 Å². The molecule has 0 aromatic carbocycles. The van der Waals surface area contributed by atoms with Crippen molar-refractivity contribution in [3.05, 3.63) is 12.7 Å². The summed E-state index contributed by atoms with van der Waals surface area (Å²) in [6.07, 6.45) is 4.77. The van der Waals surface area contributed by atoms with E-state index in [1.54, 1.807) is 0 Å². The van der Waals surface area contributed by atoms with E-state index >= 15 is 0 Å². The molecule has 0 N–H and O–H groups in total. The molecule has 0 radical (unpaired) electrons. The number of alkyl halides is 2. The van der Waals surface area contributed by atoms with Crippen LogP contribution in [0.3, 0.4) is 0 Å². The lowest BCUT2D eigenvalue weighted by Gasteiger charge is -1.96. The van der Waals surface area contributed by atoms with E-state index in [4.69, 9.17) is 0 Å². The van der Waals surface area contributed by atoms with E-state index in [9.17, 15) is 8.78 Å². The topological polar surface area (TPSA) is 0 Å². The SMILES string of the molecule is C#CC(F)(F)C=C. The molecule has 0 saturated carbocycles. The number of halogens is 2. The lowest BCUT2D eigenvalue weighted by atomic mass is 10.4. The van der Waals surface area contributed by atoms with Gasteiger partial charge in [-0.3, -0.25) is 0 Å². The Bertz CT molecular complexity index is 108. The molecule has 0 fully saturated rings. The summed E-state index contributed by atoms with van der Waals surface area (Å²) in [5.74, 6) is -1.89. The summed E-state index contributed by atoms with van der Waals surface area (Å²) in [4.78, 5) is 0. The van der Waals surface area contributed by atoms with Gasteiger partial charge in [-0.15, -0.1) is 6.42 Å². The highest BCUT2D eigenvalue weighted by molar-refractivity contribution is 5.10. The Morgan fingerprint density at radius 2 is 2.14 bits per heavy atom. The molecule has 0 aromatic heterocycles. The summed E-state index contributed by atoms with van der Waals surface area (Å²) < 4.78 is 23.1. The number of rotatable bonds is 1. The van der Waals surface area contributed by atoms with Crippen LogP contribution in [0.5, 0.6) is 0 Å². The Kier molecular flexibility index (Phi) is 1.53. The van der Waals surface area contributed by atoms with Crippen molar-refractivity contribution in [3.63, 3.8) is 0 Å². The van der Waals surface area contributed by atoms with E-state index in [2.05, 4.69) is 13.0 Å². The van der Waals surface area contributed by atoms with Crippen LogP contribution in [0, 0.1) is 12.3 Å². The van der Waals surface area contributed by atoms with Gasteiger partial charge in [0.15, 0.2) is 0 Å². The van der Waals surface area contributed by atoms with Gasteiger partial charge in [-0.25, -0.2) is 0 Å². The summed E-state index contributed by atoms with van der Waals surface area (Å²) in [7, 11) is 0. The van der Waals surface area contributed by atoms with Crippen LogP contribution < -0.4 is 0 Å². The second kappa shape index (κ2) is 1.74. The first-order chi connectivity index (χ1) is 3.12. The third-order valence-corrected chi connectivity index (χ3v) is 0.449. The van der Waals surface area contributed by atoms with Gasteiger partial charge in [0.05, 0.1) is 0 Å². The molecular weight excluding hydrogens is 98.1 g/mol. The van der Waals surface area contributed by atoms with Crippen molar-refractivity contribution in [2.24, 2.45) is 0 Å². The van der Waals surface area contributed by atoms with Gasteiger partial charge in [-0.05, 0) is 12.0 Å². The van der Waals surface area contributed by atoms with E-state index in [-0.39, 0.29) is 0 Å². The zero-order chi connectivity index (χ0) is 5.91. The van der Waals surface area contributed by atoms with Gasteiger partial charge in [0.25, 0.3) is 0 Å². The second-order valence-electron chi connectivity index (χ2n) is 0.971. The standard InChI is InChI=1S/C5H4F2/c1-3-5(6,7)4-2/h1,4H,2H2. The molecule has 38 valence electrons. The minimum atomic E-state index is -3.12. The molecule has 0 atom stereocenters. The Balaban J connectivity index is 3.91. The molecule has 0 spiro atoms. The van der Waals surface area contributed by atoms with Crippen LogP contribution in [0.4, 0.5) is 8.78 Å². The zero-order valence-corrected chi connectivity index (χ0v) is 3.62. The maximum Gasteiger partial charge on any atom is 0.326 e. The minimum absolute atomic E-state index is 0.424. The van der Waals surface area contributed by atoms with Crippen LogP contribution in [0.25, 0.3) is 0 Å². The minimum Gasteiger partial charge on any atom is -0.187 e. The summed E-state index contributed by atoms with van der Waals surface area (Å²) in [6.45, 7) is 2.81. The third-order valence-electron chi connectivity index (χ3n) is 0.449. The highest BCUT2D eigenvalue weighted by Crippen LogP contribution is 2.10. The van der Waals surface area contributed by atoms with Gasteiger partial charge in [-0.2, -0.15) is 8.78 Å². The van der Waals surface area contributed by atoms with Crippen LogP contribution in [0.1, 0.15) is 0 Å². The van der Waals surface area contributed by atoms with Crippen LogP contribution >= 0.6 is 0 Å². The Labute approximate surface area is 40.8 Å². The third kappa shape index (κ3) is 1.94. The summed E-state index contributed by atoms with van der Waals surface area (Å²) in [5.41, 5.74) is 0. The van der Waals surface area contributed by atoms with Gasteiger partial charge in [0.2, 0.25) is 0 Å². The lowest BCUT2D eigenvalue weighted by molar-refractivity contribution is 0.123. The maximum absolute atomic E-state index is 11.5. The predicted octanol–water partition coefficient (Wildman–Crippen LogP) is 1.44. The monoisotopic (exact) mass is 102 g/mol. The molecule has 0 amide bonds. The van der Waals surface area contributed by atoms with E-state index < -0.39 is 5.92 Å². The Morgan fingerprint density at radius 3 is 2.14 bits per heavy atom. The molecule has 0 heterocycles. The Hall–Kier alpha value is -0.840. The molecule has 0 nitrogen and oxygen atoms in total. The van der Waals surface area contributed by atoms with Crippen LogP contribution in [-0.2, 0) is 0 Å². The second-order valence-corrected chi connectivity index (χ2v) is 0.971. The molecule has 0 saturated heterocycles. The van der Waals surface area contributed by atoms with Crippen LogP contribution in [-0.4, -0.2) is 5.92 Å². The fourth-order valence-electron chi connectivity index (χ4n) is 0.0589. The van der Waals surface area contributed by atoms with Gasteiger partial charge in [0.1, 0.15) is 0 Å². The number of hydrogen-bond acceptors (Lipinski definition) is 0. The number of allylic oxidation sites excluding steroid dienone is 1. The van der Waals surface area contributed by atoms with Crippen molar-refractivity contribution in [1.29, 1.82) is 0 Å². The molecule has 0 bridgehead atoms. The first kappa shape index (κ1) is 6.16. The van der Waals surface area contributed by atoms with Crippen LogP contribution in [0.2, 0.25) is 0 Å². The van der Waals surface area contributed by atoms with Gasteiger partial charge in [0, 0.05) is 0 Å². The van der Waals surface area contributed by atoms with Gasteiger partial charge in [-0.1, -0.05) is 6.58 Å². The van der Waals surface area contributed by atoms with Gasteiger partial charge >= 0.3 is 5.92 Å². The molecule has 0 aliphatic rings. The molecule has 2 heteroatoms. The van der Waals surface area contributed by atoms with Crippen molar-refractivity contribution in [2.45, 2.75) is 5.92 Å². The smallest absolute Gasteiger partial charge is 0.187 e. The Morgan fingerprint density at radius 1 is 1.71 bits per heavy atom. The average Bonchev–Trinajstić information content (AvgIpc) is 1.68. The van der Waals surface area contributed by atoms with Crippen molar-refractivity contribution < 1.29 is 8.78 Å². The average molecular weight is 102 g/mol. The molecule has 0 aliphatic carbocycles. The number of terminal acetylenes is 1. The van der Waals surface area contributed by atoms with Crippen LogP contribution in [0.15, 0.2) is 12.7 Å². The van der Waals surface area contributed by atoms with Crippen molar-refractivity contribution >= 4 is 0 Å².